The second kappa shape index (κ2) is 7.17. The van der Waals surface area contributed by atoms with Crippen LogP contribution in [0.5, 0.6) is 0 Å². The van der Waals surface area contributed by atoms with Gasteiger partial charge in [0.15, 0.2) is 0 Å². The minimum atomic E-state index is -4.38. The van der Waals surface area contributed by atoms with Crippen molar-refractivity contribution in [3.05, 3.63) is 59.1 Å². The molecule has 0 saturated carbocycles. The Bertz CT molecular complexity index is 716. The number of piperazine rings is 1. The van der Waals surface area contributed by atoms with Crippen molar-refractivity contribution in [3.63, 3.8) is 0 Å². The summed E-state index contributed by atoms with van der Waals surface area (Å²) in [5.41, 5.74) is 0.837. The van der Waals surface area contributed by atoms with Crippen molar-refractivity contribution in [1.82, 2.24) is 9.88 Å². The molecule has 0 spiro atoms. The van der Waals surface area contributed by atoms with Crippen molar-refractivity contribution in [2.75, 3.05) is 31.1 Å². The SMILES string of the molecule is Fc1ccc(N2CCN(C(c3cccnc3)C(F)(F)F)CC2)cc1Cl. The van der Waals surface area contributed by atoms with Gasteiger partial charge in [-0.15, -0.1) is 0 Å². The lowest BCUT2D eigenvalue weighted by molar-refractivity contribution is -0.187. The third kappa shape index (κ3) is 4.04. The Hall–Kier alpha value is -1.86. The number of alkyl halides is 3. The molecular weight excluding hydrogens is 358 g/mol. The van der Waals surface area contributed by atoms with Crippen LogP contribution >= 0.6 is 11.6 Å². The summed E-state index contributed by atoms with van der Waals surface area (Å²) < 4.78 is 54.0. The average Bonchev–Trinajstić information content (AvgIpc) is 2.58. The quantitative estimate of drug-likeness (QED) is 0.748. The third-order valence-electron chi connectivity index (χ3n) is 4.26. The van der Waals surface area contributed by atoms with E-state index in [1.54, 1.807) is 6.07 Å². The van der Waals surface area contributed by atoms with E-state index in [0.29, 0.717) is 18.8 Å². The minimum Gasteiger partial charge on any atom is -0.369 e. The van der Waals surface area contributed by atoms with E-state index in [9.17, 15) is 17.6 Å². The predicted octanol–water partition coefficient (Wildman–Crippen LogP) is 4.30. The normalized spacial score (nSPS) is 17.6. The van der Waals surface area contributed by atoms with Crippen molar-refractivity contribution >= 4 is 17.3 Å². The van der Waals surface area contributed by atoms with Gasteiger partial charge in [0, 0.05) is 44.3 Å². The fraction of sp³-hybridized carbons (Fsp3) is 0.353. The molecule has 1 unspecified atom stereocenters. The molecule has 1 aliphatic rings. The molecule has 0 N–H and O–H groups in total. The van der Waals surface area contributed by atoms with Crippen LogP contribution in [0, 0.1) is 5.82 Å². The lowest BCUT2D eigenvalue weighted by Gasteiger charge is -2.40. The molecule has 0 bridgehead atoms. The van der Waals surface area contributed by atoms with Crippen LogP contribution in [-0.2, 0) is 0 Å². The van der Waals surface area contributed by atoms with Crippen LogP contribution in [0.15, 0.2) is 42.7 Å². The number of pyridine rings is 1. The van der Waals surface area contributed by atoms with Gasteiger partial charge >= 0.3 is 6.18 Å². The molecule has 3 nitrogen and oxygen atoms in total. The summed E-state index contributed by atoms with van der Waals surface area (Å²) in [7, 11) is 0. The summed E-state index contributed by atoms with van der Waals surface area (Å²) in [6.45, 7) is 1.26. The van der Waals surface area contributed by atoms with Crippen LogP contribution in [0.3, 0.4) is 0 Å². The van der Waals surface area contributed by atoms with Gasteiger partial charge in [0.25, 0.3) is 0 Å². The van der Waals surface area contributed by atoms with E-state index in [-0.39, 0.29) is 23.7 Å². The van der Waals surface area contributed by atoms with Crippen LogP contribution in [0.25, 0.3) is 0 Å². The van der Waals surface area contributed by atoms with Gasteiger partial charge in [0.05, 0.1) is 5.02 Å². The number of anilines is 1. The highest BCUT2D eigenvalue weighted by Gasteiger charge is 2.45. The molecule has 134 valence electrons. The fourth-order valence-electron chi connectivity index (χ4n) is 3.06. The summed E-state index contributed by atoms with van der Waals surface area (Å²) in [6.07, 6.45) is -1.68. The molecule has 1 fully saturated rings. The fourth-order valence-corrected chi connectivity index (χ4v) is 3.24. The highest BCUT2D eigenvalue weighted by Crippen LogP contribution is 2.38. The number of aromatic nitrogens is 1. The number of rotatable bonds is 3. The molecule has 3 rings (SSSR count). The number of hydrogen-bond donors (Lipinski definition) is 0. The van der Waals surface area contributed by atoms with Crippen molar-refractivity contribution in [3.8, 4) is 0 Å². The van der Waals surface area contributed by atoms with E-state index in [1.165, 1.54) is 41.6 Å². The van der Waals surface area contributed by atoms with Crippen molar-refractivity contribution < 1.29 is 17.6 Å². The Morgan fingerprint density at radius 1 is 1.08 bits per heavy atom. The van der Waals surface area contributed by atoms with E-state index in [2.05, 4.69) is 4.98 Å². The molecule has 1 aromatic heterocycles. The number of halogens is 5. The van der Waals surface area contributed by atoms with Gasteiger partial charge < -0.3 is 4.90 Å². The molecule has 2 heterocycles. The van der Waals surface area contributed by atoms with E-state index < -0.39 is 18.0 Å². The maximum absolute atomic E-state index is 13.6. The van der Waals surface area contributed by atoms with Gasteiger partial charge in [0.2, 0.25) is 0 Å². The molecule has 25 heavy (non-hydrogen) atoms. The zero-order valence-electron chi connectivity index (χ0n) is 13.2. The first-order valence-corrected chi connectivity index (χ1v) is 8.15. The van der Waals surface area contributed by atoms with E-state index in [4.69, 9.17) is 11.6 Å². The molecule has 1 aromatic carbocycles. The van der Waals surface area contributed by atoms with E-state index in [0.717, 1.165) is 0 Å². The zero-order valence-corrected chi connectivity index (χ0v) is 13.9. The zero-order chi connectivity index (χ0) is 18.0. The van der Waals surface area contributed by atoms with Crippen molar-refractivity contribution in [2.24, 2.45) is 0 Å². The van der Waals surface area contributed by atoms with Gasteiger partial charge in [-0.1, -0.05) is 17.7 Å². The highest BCUT2D eigenvalue weighted by atomic mass is 35.5. The molecule has 2 aromatic rings. The first-order valence-electron chi connectivity index (χ1n) is 7.77. The standard InChI is InChI=1S/C17H16ClF4N3/c18-14-10-13(3-4-15(14)19)24-6-8-25(9-7-24)16(17(20,21)22)12-2-1-5-23-11-12/h1-5,10-11,16H,6-9H2. The molecular formula is C17H16ClF4N3. The topological polar surface area (TPSA) is 19.4 Å². The average molecular weight is 374 g/mol. The lowest BCUT2D eigenvalue weighted by Crippen LogP contribution is -2.50. The number of nitrogens with zero attached hydrogens (tertiary/aromatic N) is 3. The van der Waals surface area contributed by atoms with Crippen LogP contribution in [-0.4, -0.2) is 42.2 Å². The van der Waals surface area contributed by atoms with Crippen LogP contribution in [0.2, 0.25) is 5.02 Å². The van der Waals surface area contributed by atoms with Crippen molar-refractivity contribution in [1.29, 1.82) is 0 Å². The van der Waals surface area contributed by atoms with E-state index in [1.807, 2.05) is 4.90 Å². The second-order valence-electron chi connectivity index (χ2n) is 5.85. The highest BCUT2D eigenvalue weighted by molar-refractivity contribution is 6.31. The Kier molecular flexibility index (Phi) is 5.15. The number of hydrogen-bond acceptors (Lipinski definition) is 3. The van der Waals surface area contributed by atoms with Gasteiger partial charge in [-0.3, -0.25) is 9.88 Å². The summed E-state index contributed by atoms with van der Waals surface area (Å²) >= 11 is 5.78. The Morgan fingerprint density at radius 2 is 1.80 bits per heavy atom. The molecule has 0 amide bonds. The van der Waals surface area contributed by atoms with Gasteiger partial charge in [-0.05, 0) is 29.8 Å². The Balaban J connectivity index is 1.74. The molecule has 0 radical (unpaired) electrons. The lowest BCUT2D eigenvalue weighted by atomic mass is 10.1. The molecule has 0 aliphatic carbocycles. The maximum Gasteiger partial charge on any atom is 0.408 e. The van der Waals surface area contributed by atoms with Gasteiger partial charge in [-0.2, -0.15) is 13.2 Å². The first kappa shape index (κ1) is 17.9. The molecule has 1 atom stereocenters. The number of benzene rings is 1. The van der Waals surface area contributed by atoms with Crippen LogP contribution in [0.1, 0.15) is 11.6 Å². The molecule has 8 heteroatoms. The smallest absolute Gasteiger partial charge is 0.369 e. The predicted molar refractivity (Wildman–Crippen MR) is 88.2 cm³/mol. The monoisotopic (exact) mass is 373 g/mol. The largest absolute Gasteiger partial charge is 0.408 e. The van der Waals surface area contributed by atoms with E-state index >= 15 is 0 Å². The second-order valence-corrected chi connectivity index (χ2v) is 6.26. The summed E-state index contributed by atoms with van der Waals surface area (Å²) in [6, 6.07) is 5.61. The summed E-state index contributed by atoms with van der Waals surface area (Å²) in [5.74, 6) is -0.516. The van der Waals surface area contributed by atoms with Gasteiger partial charge in [0.1, 0.15) is 11.9 Å². The Labute approximate surface area is 147 Å². The third-order valence-corrected chi connectivity index (χ3v) is 4.55. The first-order chi connectivity index (χ1) is 11.9. The van der Waals surface area contributed by atoms with Crippen LogP contribution in [0.4, 0.5) is 23.2 Å². The minimum absolute atomic E-state index is 0.00320. The Morgan fingerprint density at radius 3 is 2.36 bits per heavy atom. The maximum atomic E-state index is 13.6. The molecule has 1 saturated heterocycles. The summed E-state index contributed by atoms with van der Waals surface area (Å²) in [4.78, 5) is 7.11. The van der Waals surface area contributed by atoms with Gasteiger partial charge in [-0.25, -0.2) is 4.39 Å². The summed E-state index contributed by atoms with van der Waals surface area (Å²) in [5, 5.41) is 0.00320. The molecule has 1 aliphatic heterocycles. The van der Waals surface area contributed by atoms with Crippen LogP contribution < -0.4 is 4.90 Å². The van der Waals surface area contributed by atoms with Crippen molar-refractivity contribution in [2.45, 2.75) is 12.2 Å².